The van der Waals surface area contributed by atoms with E-state index in [2.05, 4.69) is 26.6 Å². The fraction of sp³-hybridized carbons (Fsp3) is 0.409. The number of aliphatic hydroxyl groups is 1. The summed E-state index contributed by atoms with van der Waals surface area (Å²) < 4.78 is 5.23. The molecule has 0 aliphatic carbocycles. The first-order chi connectivity index (χ1) is 14.1. The van der Waals surface area contributed by atoms with Gasteiger partial charge in [0.1, 0.15) is 5.75 Å². The van der Waals surface area contributed by atoms with Crippen LogP contribution in [-0.4, -0.2) is 50.4 Å². The Hall–Kier alpha value is -1.71. The molecule has 0 bridgehead atoms. The fourth-order valence-corrected chi connectivity index (χ4v) is 3.62. The molecule has 1 aliphatic rings. The van der Waals surface area contributed by atoms with Crippen LogP contribution >= 0.6 is 35.6 Å². The largest absolute Gasteiger partial charge is 0.497 e. The first kappa shape index (κ1) is 24.6. The zero-order valence-electron chi connectivity index (χ0n) is 17.3. The number of methoxy groups -OCH3 is 1. The van der Waals surface area contributed by atoms with Gasteiger partial charge in [0, 0.05) is 36.4 Å². The first-order valence-electron chi connectivity index (χ1n) is 9.96. The van der Waals surface area contributed by atoms with Crippen LogP contribution in [0.4, 0.5) is 5.69 Å². The third kappa shape index (κ3) is 6.92. The van der Waals surface area contributed by atoms with Crippen molar-refractivity contribution in [3.63, 3.8) is 0 Å². The van der Waals surface area contributed by atoms with E-state index >= 15 is 0 Å². The van der Waals surface area contributed by atoms with Crippen molar-refractivity contribution >= 4 is 47.2 Å². The number of nitrogens with one attached hydrogen (secondary N) is 2. The summed E-state index contributed by atoms with van der Waals surface area (Å²) in [5.41, 5.74) is 1.93. The normalized spacial score (nSPS) is 17.3. The molecule has 0 saturated carbocycles. The molecule has 2 atom stereocenters. The van der Waals surface area contributed by atoms with Crippen LogP contribution in [0.1, 0.15) is 25.0 Å². The van der Waals surface area contributed by atoms with E-state index in [9.17, 15) is 5.11 Å². The summed E-state index contributed by atoms with van der Waals surface area (Å²) in [7, 11) is 1.62. The molecule has 0 amide bonds. The lowest BCUT2D eigenvalue weighted by Crippen LogP contribution is -2.44. The predicted octanol–water partition coefficient (Wildman–Crippen LogP) is 3.83. The van der Waals surface area contributed by atoms with Crippen molar-refractivity contribution in [2.75, 3.05) is 38.2 Å². The number of guanidine groups is 1. The van der Waals surface area contributed by atoms with Gasteiger partial charge in [0.25, 0.3) is 0 Å². The van der Waals surface area contributed by atoms with E-state index in [-0.39, 0.29) is 36.6 Å². The van der Waals surface area contributed by atoms with Crippen LogP contribution in [0.15, 0.2) is 53.5 Å². The van der Waals surface area contributed by atoms with E-state index in [0.717, 1.165) is 48.1 Å². The highest BCUT2D eigenvalue weighted by Crippen LogP contribution is 2.23. The number of nitrogens with zero attached hydrogens (tertiary/aromatic N) is 2. The smallest absolute Gasteiger partial charge is 0.191 e. The van der Waals surface area contributed by atoms with Gasteiger partial charge in [0.05, 0.1) is 19.8 Å². The van der Waals surface area contributed by atoms with E-state index in [1.807, 2.05) is 49.4 Å². The molecule has 8 heteroatoms. The lowest BCUT2D eigenvalue weighted by molar-refractivity contribution is 0.186. The minimum Gasteiger partial charge on any atom is -0.497 e. The quantitative estimate of drug-likeness (QED) is 0.281. The second kappa shape index (κ2) is 12.2. The van der Waals surface area contributed by atoms with Gasteiger partial charge in [-0.2, -0.15) is 0 Å². The molecule has 0 radical (unpaired) electrons. The molecule has 2 aromatic rings. The summed E-state index contributed by atoms with van der Waals surface area (Å²) in [4.78, 5) is 6.90. The Morgan fingerprint density at radius 2 is 2.10 bits per heavy atom. The number of hydrogen-bond acceptors (Lipinski definition) is 4. The van der Waals surface area contributed by atoms with E-state index in [0.29, 0.717) is 5.96 Å². The number of benzene rings is 2. The number of halogens is 2. The molecule has 1 aliphatic heterocycles. The molecule has 6 nitrogen and oxygen atoms in total. The van der Waals surface area contributed by atoms with Crippen LogP contribution in [0.2, 0.25) is 5.02 Å². The van der Waals surface area contributed by atoms with Crippen molar-refractivity contribution in [2.24, 2.45) is 4.99 Å². The molecular weight excluding hydrogens is 515 g/mol. The zero-order valence-corrected chi connectivity index (χ0v) is 20.4. The van der Waals surface area contributed by atoms with E-state index in [1.54, 1.807) is 7.11 Å². The van der Waals surface area contributed by atoms with E-state index in [1.165, 1.54) is 0 Å². The average Bonchev–Trinajstić information content (AvgIpc) is 3.20. The lowest BCUT2D eigenvalue weighted by Gasteiger charge is -2.21. The predicted molar refractivity (Wildman–Crippen MR) is 135 cm³/mol. The Balaban J connectivity index is 0.00000320. The molecular formula is C22H30ClIN4O2. The molecule has 2 unspecified atom stereocenters. The lowest BCUT2D eigenvalue weighted by atomic mass is 10.1. The summed E-state index contributed by atoms with van der Waals surface area (Å²) in [6.45, 7) is 4.90. The van der Waals surface area contributed by atoms with Crippen molar-refractivity contribution in [1.82, 2.24) is 10.6 Å². The van der Waals surface area contributed by atoms with Gasteiger partial charge in [-0.05, 0) is 49.2 Å². The maximum absolute atomic E-state index is 10.5. The highest BCUT2D eigenvalue weighted by molar-refractivity contribution is 14.0. The molecule has 0 aromatic heterocycles. The minimum atomic E-state index is -0.688. The Bertz CT molecular complexity index is 836. The van der Waals surface area contributed by atoms with Gasteiger partial charge < -0.3 is 25.4 Å². The Kier molecular flexibility index (Phi) is 10.0. The zero-order chi connectivity index (χ0) is 20.6. The Labute approximate surface area is 200 Å². The summed E-state index contributed by atoms with van der Waals surface area (Å²) in [6.07, 6.45) is 0.321. The Morgan fingerprint density at radius 3 is 2.83 bits per heavy atom. The van der Waals surface area contributed by atoms with Gasteiger partial charge in [-0.1, -0.05) is 29.8 Å². The van der Waals surface area contributed by atoms with Crippen molar-refractivity contribution in [3.8, 4) is 5.75 Å². The van der Waals surface area contributed by atoms with E-state index in [4.69, 9.17) is 16.3 Å². The maximum Gasteiger partial charge on any atom is 0.191 e. The standard InChI is InChI=1S/C22H29ClN4O2.HI/c1-3-24-22(25-14-21(28)16-6-4-9-20(12-16)29-2)26-18-10-11-27(15-18)19-8-5-7-17(23)13-19;/h4-9,12-13,18,21,28H,3,10-11,14-15H2,1-2H3,(H2,24,25,26);1H. The van der Waals surface area contributed by atoms with Gasteiger partial charge in [0.15, 0.2) is 5.96 Å². The minimum absolute atomic E-state index is 0. The third-order valence-electron chi connectivity index (χ3n) is 4.95. The first-order valence-corrected chi connectivity index (χ1v) is 10.3. The number of ether oxygens (including phenoxy) is 1. The van der Waals surface area contributed by atoms with Crippen LogP contribution in [0.25, 0.3) is 0 Å². The maximum atomic E-state index is 10.5. The third-order valence-corrected chi connectivity index (χ3v) is 5.18. The monoisotopic (exact) mass is 544 g/mol. The van der Waals surface area contributed by atoms with Crippen molar-refractivity contribution in [2.45, 2.75) is 25.5 Å². The van der Waals surface area contributed by atoms with E-state index < -0.39 is 6.10 Å². The Morgan fingerprint density at radius 1 is 1.30 bits per heavy atom. The molecule has 2 aromatic carbocycles. The summed E-state index contributed by atoms with van der Waals surface area (Å²) in [5.74, 6) is 1.44. The summed E-state index contributed by atoms with van der Waals surface area (Å²) in [5, 5.41) is 18.0. The molecule has 1 fully saturated rings. The molecule has 1 saturated heterocycles. The molecule has 3 N–H and O–H groups in total. The van der Waals surface area contributed by atoms with Crippen molar-refractivity contribution < 1.29 is 9.84 Å². The van der Waals surface area contributed by atoms with Crippen LogP contribution in [0, 0.1) is 0 Å². The van der Waals surface area contributed by atoms with Crippen LogP contribution in [0.5, 0.6) is 5.75 Å². The highest BCUT2D eigenvalue weighted by atomic mass is 127. The number of aliphatic imine (C=N–C) groups is 1. The van der Waals surface area contributed by atoms with Gasteiger partial charge in [0.2, 0.25) is 0 Å². The second-order valence-corrected chi connectivity index (χ2v) is 7.50. The van der Waals surface area contributed by atoms with Crippen LogP contribution in [0.3, 0.4) is 0 Å². The number of aliphatic hydroxyl groups excluding tert-OH is 1. The highest BCUT2D eigenvalue weighted by Gasteiger charge is 2.23. The molecule has 30 heavy (non-hydrogen) atoms. The van der Waals surface area contributed by atoms with Crippen molar-refractivity contribution in [1.29, 1.82) is 0 Å². The van der Waals surface area contributed by atoms with Crippen LogP contribution < -0.4 is 20.3 Å². The van der Waals surface area contributed by atoms with Gasteiger partial charge in [-0.15, -0.1) is 24.0 Å². The number of hydrogen-bond donors (Lipinski definition) is 3. The molecule has 0 spiro atoms. The van der Waals surface area contributed by atoms with Crippen molar-refractivity contribution in [3.05, 3.63) is 59.1 Å². The molecule has 3 rings (SSSR count). The van der Waals surface area contributed by atoms with Crippen LogP contribution in [-0.2, 0) is 0 Å². The SMILES string of the molecule is CCNC(=NCC(O)c1cccc(OC)c1)NC1CCN(c2cccc(Cl)c2)C1.I. The van der Waals surface area contributed by atoms with Gasteiger partial charge in [-0.3, -0.25) is 4.99 Å². The number of rotatable bonds is 7. The molecule has 1 heterocycles. The topological polar surface area (TPSA) is 69.1 Å². The molecule has 164 valence electrons. The number of anilines is 1. The average molecular weight is 545 g/mol. The van der Waals surface area contributed by atoms with Gasteiger partial charge >= 0.3 is 0 Å². The fourth-order valence-electron chi connectivity index (χ4n) is 3.43. The summed E-state index contributed by atoms with van der Waals surface area (Å²) >= 11 is 6.12. The van der Waals surface area contributed by atoms with Gasteiger partial charge in [-0.25, -0.2) is 0 Å². The summed E-state index contributed by atoms with van der Waals surface area (Å²) in [6, 6.07) is 15.7. The second-order valence-electron chi connectivity index (χ2n) is 7.07.